The average molecular weight is 402 g/mol. The fraction of sp³-hybridized carbons (Fsp3) is 0.308. The predicted molar refractivity (Wildman–Crippen MR) is 84.8 cm³/mol. The number of carbonyl (C=O) groups excluding carboxylic acids is 4. The molecular weight excluding hydrogens is 390 g/mol. The molecule has 0 saturated carbocycles. The number of rotatable bonds is 6. The first kappa shape index (κ1) is 17.4. The van der Waals surface area contributed by atoms with Gasteiger partial charge in [0.05, 0.1) is 11.3 Å². The van der Waals surface area contributed by atoms with Crippen LogP contribution in [-0.4, -0.2) is 58.4 Å². The average Bonchev–Trinajstić information content (AvgIpc) is 2.84. The van der Waals surface area contributed by atoms with Crippen molar-refractivity contribution in [2.75, 3.05) is 25.4 Å². The first-order valence-corrected chi connectivity index (χ1v) is 8.26. The number of aromatic nitrogens is 1. The minimum atomic E-state index is -0.671. The zero-order valence-corrected chi connectivity index (χ0v) is 14.2. The SMILES string of the molecule is O=C(COC(=O)c1cncc(Br)c1)NCCN1C(=O)CSC1=O. The molecular formula is C13H12BrN3O5S. The molecule has 1 aliphatic heterocycles. The Bertz CT molecular complexity index is 638. The number of nitrogens with zero attached hydrogens (tertiary/aromatic N) is 2. The normalized spacial score (nSPS) is 14.0. The highest BCUT2D eigenvalue weighted by molar-refractivity contribution is 9.10. The molecule has 1 aromatic rings. The van der Waals surface area contributed by atoms with Crippen LogP contribution >= 0.6 is 27.7 Å². The topological polar surface area (TPSA) is 106 Å². The van der Waals surface area contributed by atoms with E-state index in [1.54, 1.807) is 0 Å². The van der Waals surface area contributed by atoms with E-state index in [4.69, 9.17) is 4.74 Å². The number of ether oxygens (including phenoxy) is 1. The third-order valence-electron chi connectivity index (χ3n) is 2.77. The van der Waals surface area contributed by atoms with Gasteiger partial charge in [-0.15, -0.1) is 0 Å². The molecule has 0 radical (unpaired) electrons. The van der Waals surface area contributed by atoms with E-state index in [1.165, 1.54) is 18.5 Å². The second kappa shape index (κ2) is 8.06. The highest BCUT2D eigenvalue weighted by Crippen LogP contribution is 2.17. The molecule has 1 fully saturated rings. The number of carbonyl (C=O) groups is 4. The summed E-state index contributed by atoms with van der Waals surface area (Å²) in [6.07, 6.45) is 2.84. The summed E-state index contributed by atoms with van der Waals surface area (Å²) in [6, 6.07) is 1.52. The molecule has 0 aromatic carbocycles. The van der Waals surface area contributed by atoms with Gasteiger partial charge in [-0.05, 0) is 22.0 Å². The van der Waals surface area contributed by atoms with Crippen molar-refractivity contribution >= 4 is 50.7 Å². The van der Waals surface area contributed by atoms with E-state index >= 15 is 0 Å². The molecule has 0 atom stereocenters. The van der Waals surface area contributed by atoms with Crippen LogP contribution in [-0.2, 0) is 14.3 Å². The van der Waals surface area contributed by atoms with Gasteiger partial charge in [0, 0.05) is 30.0 Å². The Kier molecular flexibility index (Phi) is 6.11. The number of amides is 3. The largest absolute Gasteiger partial charge is 0.452 e. The van der Waals surface area contributed by atoms with Crippen molar-refractivity contribution < 1.29 is 23.9 Å². The lowest BCUT2D eigenvalue weighted by atomic mass is 10.3. The van der Waals surface area contributed by atoms with Crippen molar-refractivity contribution in [1.29, 1.82) is 0 Å². The smallest absolute Gasteiger partial charge is 0.340 e. The lowest BCUT2D eigenvalue weighted by Gasteiger charge is -2.13. The second-order valence-electron chi connectivity index (χ2n) is 4.42. The van der Waals surface area contributed by atoms with Crippen molar-refractivity contribution in [3.8, 4) is 0 Å². The predicted octanol–water partition coefficient (Wildman–Crippen LogP) is 0.812. The van der Waals surface area contributed by atoms with E-state index in [9.17, 15) is 19.2 Å². The molecule has 3 amide bonds. The molecule has 1 saturated heterocycles. The Labute approximate surface area is 144 Å². The number of hydrogen-bond donors (Lipinski definition) is 1. The number of esters is 1. The molecule has 0 bridgehead atoms. The number of thioether (sulfide) groups is 1. The zero-order valence-electron chi connectivity index (χ0n) is 11.8. The standard InChI is InChI=1S/C13H12BrN3O5S/c14-9-3-8(4-15-5-9)12(20)22-6-10(18)16-1-2-17-11(19)7-23-13(17)21/h3-5H,1-2,6-7H2,(H,16,18). The zero-order chi connectivity index (χ0) is 16.8. The minimum absolute atomic E-state index is 0.0971. The van der Waals surface area contributed by atoms with Crippen LogP contribution in [0.4, 0.5) is 4.79 Å². The fourth-order valence-electron chi connectivity index (χ4n) is 1.69. The van der Waals surface area contributed by atoms with E-state index in [-0.39, 0.29) is 35.6 Å². The van der Waals surface area contributed by atoms with Crippen molar-refractivity contribution in [3.05, 3.63) is 28.5 Å². The summed E-state index contributed by atoms with van der Waals surface area (Å²) in [5, 5.41) is 2.15. The molecule has 1 N–H and O–H groups in total. The Hall–Kier alpha value is -1.94. The summed E-state index contributed by atoms with van der Waals surface area (Å²) in [6.45, 7) is -0.255. The van der Waals surface area contributed by atoms with Crippen molar-refractivity contribution in [3.63, 3.8) is 0 Å². The van der Waals surface area contributed by atoms with Crippen LogP contribution in [0, 0.1) is 0 Å². The van der Waals surface area contributed by atoms with Gasteiger partial charge in [-0.3, -0.25) is 24.3 Å². The van der Waals surface area contributed by atoms with Crippen molar-refractivity contribution in [2.24, 2.45) is 0 Å². The van der Waals surface area contributed by atoms with Gasteiger partial charge in [0.1, 0.15) is 0 Å². The monoisotopic (exact) mass is 401 g/mol. The third-order valence-corrected chi connectivity index (χ3v) is 4.07. The first-order chi connectivity index (χ1) is 11.0. The van der Waals surface area contributed by atoms with Crippen LogP contribution in [0.5, 0.6) is 0 Å². The van der Waals surface area contributed by atoms with Gasteiger partial charge in [-0.25, -0.2) is 4.79 Å². The summed E-state index contributed by atoms with van der Waals surface area (Å²) in [5.74, 6) is -1.34. The number of imide groups is 1. The lowest BCUT2D eigenvalue weighted by Crippen LogP contribution is -2.38. The summed E-state index contributed by atoms with van der Waals surface area (Å²) in [7, 11) is 0. The highest BCUT2D eigenvalue weighted by atomic mass is 79.9. The van der Waals surface area contributed by atoms with Gasteiger partial charge in [0.15, 0.2) is 6.61 Å². The fourth-order valence-corrected chi connectivity index (χ4v) is 2.81. The van der Waals surface area contributed by atoms with E-state index in [1.807, 2.05) is 0 Å². The molecule has 8 nitrogen and oxygen atoms in total. The Morgan fingerprint density at radius 2 is 2.17 bits per heavy atom. The summed E-state index contributed by atoms with van der Waals surface area (Å²) in [4.78, 5) is 50.9. The van der Waals surface area contributed by atoms with Gasteiger partial charge in [0.2, 0.25) is 5.91 Å². The maximum atomic E-state index is 11.7. The van der Waals surface area contributed by atoms with Gasteiger partial charge in [-0.1, -0.05) is 11.8 Å². The number of pyridine rings is 1. The molecule has 1 aliphatic rings. The van der Waals surface area contributed by atoms with E-state index in [0.717, 1.165) is 16.7 Å². The molecule has 0 unspecified atom stereocenters. The van der Waals surface area contributed by atoms with Gasteiger partial charge in [0.25, 0.3) is 11.1 Å². The van der Waals surface area contributed by atoms with Crippen LogP contribution in [0.25, 0.3) is 0 Å². The van der Waals surface area contributed by atoms with E-state index in [0.29, 0.717) is 4.47 Å². The molecule has 0 aliphatic carbocycles. The first-order valence-electron chi connectivity index (χ1n) is 6.49. The highest BCUT2D eigenvalue weighted by Gasteiger charge is 2.29. The second-order valence-corrected chi connectivity index (χ2v) is 6.26. The van der Waals surface area contributed by atoms with E-state index in [2.05, 4.69) is 26.2 Å². The van der Waals surface area contributed by atoms with Gasteiger partial charge in [-0.2, -0.15) is 0 Å². The Morgan fingerprint density at radius 3 is 2.83 bits per heavy atom. The summed E-state index contributed by atoms with van der Waals surface area (Å²) >= 11 is 4.11. The van der Waals surface area contributed by atoms with Crippen LogP contribution in [0.1, 0.15) is 10.4 Å². The van der Waals surface area contributed by atoms with Crippen LogP contribution in [0.2, 0.25) is 0 Å². The molecule has 23 heavy (non-hydrogen) atoms. The number of hydrogen-bond acceptors (Lipinski definition) is 7. The van der Waals surface area contributed by atoms with E-state index < -0.39 is 18.5 Å². The van der Waals surface area contributed by atoms with Gasteiger partial charge < -0.3 is 10.1 Å². The molecule has 2 heterocycles. The molecule has 10 heteroatoms. The summed E-state index contributed by atoms with van der Waals surface area (Å²) in [5.41, 5.74) is 0.220. The van der Waals surface area contributed by atoms with Crippen LogP contribution in [0.15, 0.2) is 22.9 Å². The quantitative estimate of drug-likeness (QED) is 0.702. The van der Waals surface area contributed by atoms with Crippen LogP contribution < -0.4 is 5.32 Å². The summed E-state index contributed by atoms with van der Waals surface area (Å²) < 4.78 is 5.47. The number of nitrogens with one attached hydrogen (secondary N) is 1. The van der Waals surface area contributed by atoms with Crippen molar-refractivity contribution in [2.45, 2.75) is 0 Å². The molecule has 0 spiro atoms. The lowest BCUT2D eigenvalue weighted by molar-refractivity contribution is -0.126. The Balaban J connectivity index is 1.70. The molecule has 1 aromatic heterocycles. The molecule has 122 valence electrons. The maximum absolute atomic E-state index is 11.7. The van der Waals surface area contributed by atoms with Crippen molar-refractivity contribution in [1.82, 2.24) is 15.2 Å². The Morgan fingerprint density at radius 1 is 1.39 bits per heavy atom. The minimum Gasteiger partial charge on any atom is -0.452 e. The molecule has 2 rings (SSSR count). The number of halogens is 1. The third kappa shape index (κ3) is 5.03. The maximum Gasteiger partial charge on any atom is 0.340 e. The van der Waals surface area contributed by atoms with Crippen LogP contribution in [0.3, 0.4) is 0 Å². The van der Waals surface area contributed by atoms with Gasteiger partial charge >= 0.3 is 5.97 Å².